The van der Waals surface area contributed by atoms with Gasteiger partial charge in [-0.15, -0.1) is 12.4 Å². The molecule has 0 amide bonds. The molecule has 0 bridgehead atoms. The largest absolute Gasteiger partial charge is 0.497 e. The van der Waals surface area contributed by atoms with Gasteiger partial charge in [-0.1, -0.05) is 0 Å². The predicted octanol–water partition coefficient (Wildman–Crippen LogP) is 2.47. The van der Waals surface area contributed by atoms with Crippen molar-refractivity contribution in [2.75, 3.05) is 45.1 Å². The smallest absolute Gasteiger partial charge is 0.226 e. The lowest BCUT2D eigenvalue weighted by Crippen LogP contribution is -2.12. The van der Waals surface area contributed by atoms with Gasteiger partial charge in [-0.05, 0) is 18.2 Å². The Morgan fingerprint density at radius 3 is 2.61 bits per heavy atom. The van der Waals surface area contributed by atoms with Crippen LogP contribution in [0, 0.1) is 0 Å². The highest BCUT2D eigenvalue weighted by Gasteiger charge is 2.13. The quantitative estimate of drug-likeness (QED) is 0.521. The number of methoxy groups -OCH3 is 3. The van der Waals surface area contributed by atoms with Crippen molar-refractivity contribution in [1.29, 1.82) is 0 Å². The molecule has 2 N–H and O–H groups in total. The number of hydrogen-bond acceptors (Lipinski definition) is 8. The Morgan fingerprint density at radius 1 is 1.07 bits per heavy atom. The molecular weight excluding hydrogens is 384 g/mol. The molecule has 3 aromatic rings. The molecule has 3 rings (SSSR count). The lowest BCUT2D eigenvalue weighted by atomic mass is 10.2. The zero-order valence-corrected chi connectivity index (χ0v) is 17.2. The van der Waals surface area contributed by atoms with Gasteiger partial charge in [0, 0.05) is 32.8 Å². The number of ether oxygens (including phenoxy) is 3. The summed E-state index contributed by atoms with van der Waals surface area (Å²) in [5, 5.41) is 11.7. The summed E-state index contributed by atoms with van der Waals surface area (Å²) in [7, 11) is 6.79. The first-order valence-electron chi connectivity index (χ1n) is 8.53. The summed E-state index contributed by atoms with van der Waals surface area (Å²) in [5.74, 6) is 2.75. The van der Waals surface area contributed by atoms with Gasteiger partial charge in [-0.2, -0.15) is 15.1 Å². The van der Waals surface area contributed by atoms with Gasteiger partial charge in [-0.25, -0.2) is 0 Å². The van der Waals surface area contributed by atoms with Gasteiger partial charge < -0.3 is 24.8 Å². The van der Waals surface area contributed by atoms with Gasteiger partial charge in [0.2, 0.25) is 5.95 Å². The van der Waals surface area contributed by atoms with Crippen LogP contribution in [-0.4, -0.2) is 54.2 Å². The Morgan fingerprint density at radius 2 is 1.89 bits per heavy atom. The standard InChI is InChI=1S/C18H24N6O3.ClH/c1-24-17-14(11-21-24)16(22-18(23-17)19-7-8-25-2)20-10-12-9-13(26-3)5-6-15(12)27-4;/h5-6,9,11H,7-8,10H2,1-4H3,(H2,19,20,22,23);1H. The van der Waals surface area contributed by atoms with Crippen molar-refractivity contribution in [3.05, 3.63) is 30.0 Å². The Balaban J connectivity index is 0.00000280. The second kappa shape index (κ2) is 9.95. The Kier molecular flexibility index (Phi) is 7.65. The van der Waals surface area contributed by atoms with Crippen LogP contribution in [0.1, 0.15) is 5.56 Å². The average Bonchev–Trinajstić information content (AvgIpc) is 3.07. The van der Waals surface area contributed by atoms with E-state index in [-0.39, 0.29) is 12.4 Å². The number of nitrogens with one attached hydrogen (secondary N) is 2. The third-order valence-electron chi connectivity index (χ3n) is 4.12. The fourth-order valence-corrected chi connectivity index (χ4v) is 2.70. The summed E-state index contributed by atoms with van der Waals surface area (Å²) in [6.45, 7) is 1.69. The van der Waals surface area contributed by atoms with E-state index in [1.807, 2.05) is 25.2 Å². The number of aryl methyl sites for hydroxylation is 1. The maximum absolute atomic E-state index is 5.44. The number of anilines is 2. The average molecular weight is 409 g/mol. The third-order valence-corrected chi connectivity index (χ3v) is 4.12. The van der Waals surface area contributed by atoms with Gasteiger partial charge in [0.15, 0.2) is 5.65 Å². The molecule has 10 heteroatoms. The molecule has 0 saturated carbocycles. The van der Waals surface area contributed by atoms with Gasteiger partial charge in [0.05, 0.1) is 32.4 Å². The van der Waals surface area contributed by atoms with Gasteiger partial charge in [0.1, 0.15) is 17.3 Å². The number of halogens is 1. The normalized spacial score (nSPS) is 10.4. The second-order valence-corrected chi connectivity index (χ2v) is 5.85. The SMILES string of the molecule is COCCNc1nc(NCc2cc(OC)ccc2OC)c2cnn(C)c2n1.Cl. The molecule has 0 fully saturated rings. The van der Waals surface area contributed by atoms with Crippen molar-refractivity contribution in [2.24, 2.45) is 7.05 Å². The van der Waals surface area contributed by atoms with Crippen LogP contribution in [0.4, 0.5) is 11.8 Å². The fraction of sp³-hybridized carbons (Fsp3) is 0.389. The number of fused-ring (bicyclic) bond motifs is 1. The summed E-state index contributed by atoms with van der Waals surface area (Å²) in [6.07, 6.45) is 1.75. The molecule has 0 spiro atoms. The van der Waals surface area contributed by atoms with Gasteiger partial charge in [-0.3, -0.25) is 4.68 Å². The Bertz CT molecular complexity index is 918. The van der Waals surface area contributed by atoms with Crippen LogP contribution in [0.25, 0.3) is 11.0 Å². The van der Waals surface area contributed by atoms with Crippen molar-refractivity contribution in [3.8, 4) is 11.5 Å². The van der Waals surface area contributed by atoms with Crippen molar-refractivity contribution in [1.82, 2.24) is 19.7 Å². The van der Waals surface area contributed by atoms with Crippen molar-refractivity contribution < 1.29 is 14.2 Å². The van der Waals surface area contributed by atoms with Crippen LogP contribution in [0.5, 0.6) is 11.5 Å². The topological polar surface area (TPSA) is 95.4 Å². The molecule has 152 valence electrons. The molecule has 0 unspecified atom stereocenters. The van der Waals surface area contributed by atoms with E-state index in [0.717, 1.165) is 28.1 Å². The Labute approximate surface area is 169 Å². The first-order valence-corrected chi connectivity index (χ1v) is 8.53. The Hall–Kier alpha value is -2.78. The number of hydrogen-bond donors (Lipinski definition) is 2. The molecule has 2 aromatic heterocycles. The van der Waals surface area contributed by atoms with Crippen molar-refractivity contribution in [2.45, 2.75) is 6.54 Å². The van der Waals surface area contributed by atoms with E-state index in [1.54, 1.807) is 32.2 Å². The van der Waals surface area contributed by atoms with Crippen LogP contribution >= 0.6 is 12.4 Å². The van der Waals surface area contributed by atoms with Gasteiger partial charge in [0.25, 0.3) is 0 Å². The maximum Gasteiger partial charge on any atom is 0.226 e. The highest BCUT2D eigenvalue weighted by Crippen LogP contribution is 2.26. The second-order valence-electron chi connectivity index (χ2n) is 5.85. The molecule has 2 heterocycles. The summed E-state index contributed by atoms with van der Waals surface area (Å²) >= 11 is 0. The highest BCUT2D eigenvalue weighted by atomic mass is 35.5. The van der Waals surface area contributed by atoms with Crippen molar-refractivity contribution in [3.63, 3.8) is 0 Å². The highest BCUT2D eigenvalue weighted by molar-refractivity contribution is 5.87. The third kappa shape index (κ3) is 4.73. The molecule has 28 heavy (non-hydrogen) atoms. The van der Waals surface area contributed by atoms with E-state index in [1.165, 1.54) is 0 Å². The van der Waals surface area contributed by atoms with Gasteiger partial charge >= 0.3 is 0 Å². The summed E-state index contributed by atoms with van der Waals surface area (Å²) in [4.78, 5) is 9.11. The minimum atomic E-state index is 0. The first-order chi connectivity index (χ1) is 13.2. The number of nitrogens with zero attached hydrogens (tertiary/aromatic N) is 4. The molecule has 0 saturated heterocycles. The maximum atomic E-state index is 5.44. The fourth-order valence-electron chi connectivity index (χ4n) is 2.70. The van der Waals surface area contributed by atoms with Crippen LogP contribution in [0.15, 0.2) is 24.4 Å². The number of benzene rings is 1. The van der Waals surface area contributed by atoms with E-state index < -0.39 is 0 Å². The van der Waals surface area contributed by atoms with E-state index in [0.29, 0.717) is 31.5 Å². The summed E-state index contributed by atoms with van der Waals surface area (Å²) in [6, 6.07) is 5.68. The van der Waals surface area contributed by atoms with E-state index in [4.69, 9.17) is 14.2 Å². The van der Waals surface area contributed by atoms with E-state index in [9.17, 15) is 0 Å². The summed E-state index contributed by atoms with van der Waals surface area (Å²) in [5.41, 5.74) is 1.70. The molecular formula is C18H25ClN6O3. The molecule has 0 aliphatic heterocycles. The van der Waals surface area contributed by atoms with Crippen LogP contribution in [0.2, 0.25) is 0 Å². The summed E-state index contributed by atoms with van der Waals surface area (Å²) < 4.78 is 17.5. The molecule has 0 aliphatic carbocycles. The number of rotatable bonds is 9. The zero-order valence-electron chi connectivity index (χ0n) is 16.4. The minimum Gasteiger partial charge on any atom is -0.497 e. The predicted molar refractivity (Wildman–Crippen MR) is 111 cm³/mol. The van der Waals surface area contributed by atoms with E-state index >= 15 is 0 Å². The lowest BCUT2D eigenvalue weighted by molar-refractivity contribution is 0.210. The van der Waals surface area contributed by atoms with E-state index in [2.05, 4.69) is 25.7 Å². The van der Waals surface area contributed by atoms with Crippen molar-refractivity contribution >= 4 is 35.2 Å². The molecule has 0 aliphatic rings. The lowest BCUT2D eigenvalue weighted by Gasteiger charge is -2.13. The minimum absolute atomic E-state index is 0. The van der Waals surface area contributed by atoms with Crippen LogP contribution in [-0.2, 0) is 18.3 Å². The molecule has 1 aromatic carbocycles. The monoisotopic (exact) mass is 408 g/mol. The molecule has 0 radical (unpaired) electrons. The first kappa shape index (κ1) is 21.5. The van der Waals surface area contributed by atoms with Crippen LogP contribution < -0.4 is 20.1 Å². The number of aromatic nitrogens is 4. The van der Waals surface area contributed by atoms with Crippen LogP contribution in [0.3, 0.4) is 0 Å². The molecule has 9 nitrogen and oxygen atoms in total. The zero-order chi connectivity index (χ0) is 19.2. The molecule has 0 atom stereocenters.